The molecule has 27 heavy (non-hydrogen) atoms. The first-order chi connectivity index (χ1) is 13.0. The van der Waals surface area contributed by atoms with Crippen molar-refractivity contribution in [3.63, 3.8) is 0 Å². The molecule has 2 aromatic carbocycles. The fourth-order valence-corrected chi connectivity index (χ4v) is 2.75. The molecule has 0 heterocycles. The number of amides is 1. The van der Waals surface area contributed by atoms with Crippen LogP contribution in [-0.4, -0.2) is 43.9 Å². The first-order valence-corrected chi connectivity index (χ1v) is 8.81. The van der Waals surface area contributed by atoms with Gasteiger partial charge in [0.25, 0.3) is 0 Å². The van der Waals surface area contributed by atoms with E-state index in [1.165, 1.54) is 6.92 Å². The van der Waals surface area contributed by atoms with Crippen molar-refractivity contribution in [3.8, 4) is 11.5 Å². The summed E-state index contributed by atoms with van der Waals surface area (Å²) in [6.07, 6.45) is 0. The van der Waals surface area contributed by atoms with Crippen molar-refractivity contribution in [2.45, 2.75) is 20.4 Å². The molecule has 1 amide bonds. The van der Waals surface area contributed by atoms with Crippen LogP contribution in [0.2, 0.25) is 0 Å². The lowest BCUT2D eigenvalue weighted by molar-refractivity contribution is -0.117. The second-order valence-corrected chi connectivity index (χ2v) is 6.17. The topological polar surface area (TPSA) is 67.9 Å². The van der Waals surface area contributed by atoms with Crippen molar-refractivity contribution >= 4 is 17.4 Å². The smallest absolute Gasteiger partial charge is 0.238 e. The molecule has 2 rings (SSSR count). The van der Waals surface area contributed by atoms with E-state index in [9.17, 15) is 9.59 Å². The van der Waals surface area contributed by atoms with E-state index < -0.39 is 0 Å². The summed E-state index contributed by atoms with van der Waals surface area (Å²) >= 11 is 0. The van der Waals surface area contributed by atoms with Gasteiger partial charge in [0.15, 0.2) is 5.78 Å². The van der Waals surface area contributed by atoms with Crippen LogP contribution < -0.4 is 14.8 Å². The predicted molar refractivity (Wildman–Crippen MR) is 106 cm³/mol. The van der Waals surface area contributed by atoms with E-state index in [1.54, 1.807) is 32.4 Å². The number of methoxy groups -OCH3 is 2. The van der Waals surface area contributed by atoms with Gasteiger partial charge in [0.2, 0.25) is 5.91 Å². The number of likely N-dealkylation sites (N-methyl/N-ethyl adjacent to an activating group) is 1. The lowest BCUT2D eigenvalue weighted by atomic mass is 10.1. The highest BCUT2D eigenvalue weighted by molar-refractivity contribution is 5.94. The molecule has 0 aliphatic rings. The SMILES string of the molecule is CCN(CC(=O)Nc1cccc(OC)c1)Cc1cc(C(C)=O)ccc1OC. The highest BCUT2D eigenvalue weighted by Crippen LogP contribution is 2.22. The van der Waals surface area contributed by atoms with Gasteiger partial charge in [-0.1, -0.05) is 13.0 Å². The fourth-order valence-electron chi connectivity index (χ4n) is 2.75. The first-order valence-electron chi connectivity index (χ1n) is 8.81. The van der Waals surface area contributed by atoms with E-state index in [0.29, 0.717) is 35.8 Å². The summed E-state index contributed by atoms with van der Waals surface area (Å²) in [5, 5.41) is 2.88. The van der Waals surface area contributed by atoms with Gasteiger partial charge in [-0.3, -0.25) is 14.5 Å². The third-order valence-electron chi connectivity index (χ3n) is 4.25. The van der Waals surface area contributed by atoms with E-state index in [-0.39, 0.29) is 18.2 Å². The number of carbonyl (C=O) groups is 2. The number of nitrogens with one attached hydrogen (secondary N) is 1. The molecule has 0 aliphatic heterocycles. The van der Waals surface area contributed by atoms with Crippen LogP contribution in [-0.2, 0) is 11.3 Å². The quantitative estimate of drug-likeness (QED) is 0.686. The average molecular weight is 370 g/mol. The van der Waals surface area contributed by atoms with Gasteiger partial charge >= 0.3 is 0 Å². The third kappa shape index (κ3) is 5.82. The van der Waals surface area contributed by atoms with Gasteiger partial charge in [-0.15, -0.1) is 0 Å². The van der Waals surface area contributed by atoms with Crippen molar-refractivity contribution in [3.05, 3.63) is 53.6 Å². The maximum atomic E-state index is 12.4. The minimum atomic E-state index is -0.119. The molecule has 6 nitrogen and oxygen atoms in total. The number of Topliss-reactive ketones (excluding diaryl/α,β-unsaturated/α-hetero) is 1. The van der Waals surface area contributed by atoms with Gasteiger partial charge in [-0.05, 0) is 43.8 Å². The Hall–Kier alpha value is -2.86. The van der Waals surface area contributed by atoms with Gasteiger partial charge in [0, 0.05) is 29.4 Å². The highest BCUT2D eigenvalue weighted by atomic mass is 16.5. The second-order valence-electron chi connectivity index (χ2n) is 6.17. The van der Waals surface area contributed by atoms with Crippen molar-refractivity contribution in [1.29, 1.82) is 0 Å². The molecule has 0 bridgehead atoms. The Labute approximate surface area is 160 Å². The molecule has 144 valence electrons. The van der Waals surface area contributed by atoms with Crippen molar-refractivity contribution in [2.75, 3.05) is 32.6 Å². The molecule has 0 radical (unpaired) electrons. The largest absolute Gasteiger partial charge is 0.497 e. The van der Waals surface area contributed by atoms with Crippen LogP contribution in [0.3, 0.4) is 0 Å². The van der Waals surface area contributed by atoms with Crippen LogP contribution in [0.25, 0.3) is 0 Å². The van der Waals surface area contributed by atoms with E-state index in [4.69, 9.17) is 9.47 Å². The Morgan fingerprint density at radius 1 is 1.07 bits per heavy atom. The number of ketones is 1. The molecule has 6 heteroatoms. The van der Waals surface area contributed by atoms with Crippen molar-refractivity contribution in [2.24, 2.45) is 0 Å². The second kappa shape index (κ2) is 9.73. The van der Waals surface area contributed by atoms with Gasteiger partial charge < -0.3 is 14.8 Å². The summed E-state index contributed by atoms with van der Waals surface area (Å²) in [5.74, 6) is 1.27. The summed E-state index contributed by atoms with van der Waals surface area (Å²) in [5.41, 5.74) is 2.19. The van der Waals surface area contributed by atoms with Crippen LogP contribution in [0.1, 0.15) is 29.8 Å². The van der Waals surface area contributed by atoms with Crippen LogP contribution in [0.5, 0.6) is 11.5 Å². The van der Waals surface area contributed by atoms with Crippen LogP contribution >= 0.6 is 0 Å². The number of ether oxygens (including phenoxy) is 2. The molecule has 0 saturated heterocycles. The molecule has 0 aliphatic carbocycles. The van der Waals surface area contributed by atoms with Crippen LogP contribution in [0, 0.1) is 0 Å². The zero-order valence-electron chi connectivity index (χ0n) is 16.2. The number of hydrogen-bond donors (Lipinski definition) is 1. The highest BCUT2D eigenvalue weighted by Gasteiger charge is 2.14. The molecule has 0 fully saturated rings. The first kappa shape index (κ1) is 20.5. The standard InChI is InChI=1S/C21H26N2O4/c1-5-23(13-17-11-16(15(2)24)9-10-20(17)27-4)14-21(25)22-18-7-6-8-19(12-18)26-3/h6-12H,5,13-14H2,1-4H3,(H,22,25). The van der Waals surface area contributed by atoms with Crippen LogP contribution in [0.15, 0.2) is 42.5 Å². The monoisotopic (exact) mass is 370 g/mol. The molecule has 0 unspecified atom stereocenters. The number of hydrogen-bond acceptors (Lipinski definition) is 5. The summed E-state index contributed by atoms with van der Waals surface area (Å²) in [6.45, 7) is 4.93. The Balaban J connectivity index is 2.07. The average Bonchev–Trinajstić information content (AvgIpc) is 2.67. The van der Waals surface area contributed by atoms with E-state index in [1.807, 2.05) is 36.1 Å². The molecular formula is C21H26N2O4. The Bertz CT molecular complexity index is 805. The maximum absolute atomic E-state index is 12.4. The lowest BCUT2D eigenvalue weighted by Crippen LogP contribution is -2.33. The van der Waals surface area contributed by atoms with Gasteiger partial charge in [0.05, 0.1) is 20.8 Å². The number of anilines is 1. The van der Waals surface area contributed by atoms with E-state index >= 15 is 0 Å². The number of nitrogens with zero attached hydrogens (tertiary/aromatic N) is 1. The molecule has 0 aromatic heterocycles. The molecular weight excluding hydrogens is 344 g/mol. The minimum absolute atomic E-state index is 0.00211. The number of carbonyl (C=O) groups excluding carboxylic acids is 2. The molecule has 0 atom stereocenters. The van der Waals surface area contributed by atoms with Crippen molar-refractivity contribution in [1.82, 2.24) is 4.90 Å². The predicted octanol–water partition coefficient (Wildman–Crippen LogP) is 3.37. The summed E-state index contributed by atoms with van der Waals surface area (Å²) in [6, 6.07) is 12.6. The van der Waals surface area contributed by atoms with E-state index in [0.717, 1.165) is 5.56 Å². The lowest BCUT2D eigenvalue weighted by Gasteiger charge is -2.21. The maximum Gasteiger partial charge on any atom is 0.238 e. The number of benzene rings is 2. The summed E-state index contributed by atoms with van der Waals surface area (Å²) in [4.78, 5) is 26.1. The van der Waals surface area contributed by atoms with Crippen molar-refractivity contribution < 1.29 is 19.1 Å². The zero-order chi connectivity index (χ0) is 19.8. The molecule has 0 saturated carbocycles. The Morgan fingerprint density at radius 3 is 2.48 bits per heavy atom. The van der Waals surface area contributed by atoms with Crippen LogP contribution in [0.4, 0.5) is 5.69 Å². The zero-order valence-corrected chi connectivity index (χ0v) is 16.2. The summed E-state index contributed by atoms with van der Waals surface area (Å²) < 4.78 is 10.6. The minimum Gasteiger partial charge on any atom is -0.497 e. The Kier molecular flexibility index (Phi) is 7.37. The van der Waals surface area contributed by atoms with E-state index in [2.05, 4.69) is 5.32 Å². The van der Waals surface area contributed by atoms with Gasteiger partial charge in [0.1, 0.15) is 11.5 Å². The molecule has 2 aromatic rings. The van der Waals surface area contributed by atoms with Gasteiger partial charge in [-0.25, -0.2) is 0 Å². The number of rotatable bonds is 9. The molecule has 0 spiro atoms. The summed E-state index contributed by atoms with van der Waals surface area (Å²) in [7, 11) is 3.18. The van der Waals surface area contributed by atoms with Gasteiger partial charge in [-0.2, -0.15) is 0 Å². The molecule has 1 N–H and O–H groups in total. The normalized spacial score (nSPS) is 10.6. The Morgan fingerprint density at radius 2 is 1.85 bits per heavy atom. The fraction of sp³-hybridized carbons (Fsp3) is 0.333. The third-order valence-corrected chi connectivity index (χ3v) is 4.25.